The highest BCUT2D eigenvalue weighted by molar-refractivity contribution is 5.80. The maximum atomic E-state index is 11.7. The Balaban J connectivity index is 2.10. The van der Waals surface area contributed by atoms with E-state index in [1.54, 1.807) is 0 Å². The van der Waals surface area contributed by atoms with Crippen LogP contribution in [0.3, 0.4) is 0 Å². The number of nitrogens with one attached hydrogen (secondary N) is 2. The summed E-state index contributed by atoms with van der Waals surface area (Å²) in [6.07, 6.45) is 6.47. The van der Waals surface area contributed by atoms with E-state index in [9.17, 15) is 4.79 Å². The van der Waals surface area contributed by atoms with Gasteiger partial charge in [-0.2, -0.15) is 0 Å². The van der Waals surface area contributed by atoms with Crippen LogP contribution >= 0.6 is 0 Å². The SMILES string of the molecule is CC(C)CN=C(N)NCCC(=O)NC1CCCCC1. The van der Waals surface area contributed by atoms with Crippen LogP contribution in [-0.2, 0) is 4.79 Å². The minimum absolute atomic E-state index is 0.107. The fourth-order valence-electron chi connectivity index (χ4n) is 2.19. The molecule has 0 unspecified atom stereocenters. The highest BCUT2D eigenvalue weighted by Gasteiger charge is 2.15. The highest BCUT2D eigenvalue weighted by Crippen LogP contribution is 2.17. The van der Waals surface area contributed by atoms with E-state index in [0.717, 1.165) is 12.8 Å². The first-order valence-corrected chi connectivity index (χ1v) is 7.41. The minimum Gasteiger partial charge on any atom is -0.370 e. The second kappa shape index (κ2) is 8.77. The molecule has 0 saturated heterocycles. The fourth-order valence-corrected chi connectivity index (χ4v) is 2.19. The molecule has 0 aromatic rings. The van der Waals surface area contributed by atoms with Crippen LogP contribution in [-0.4, -0.2) is 31.0 Å². The van der Waals surface area contributed by atoms with Crippen LogP contribution in [0.25, 0.3) is 0 Å². The second-order valence-electron chi connectivity index (χ2n) is 5.70. The molecule has 0 spiro atoms. The number of amides is 1. The van der Waals surface area contributed by atoms with Gasteiger partial charge in [0.25, 0.3) is 0 Å². The molecule has 1 rings (SSSR count). The number of hydrogen-bond acceptors (Lipinski definition) is 2. The van der Waals surface area contributed by atoms with Gasteiger partial charge in [-0.1, -0.05) is 33.1 Å². The molecule has 1 aliphatic carbocycles. The van der Waals surface area contributed by atoms with Gasteiger partial charge in [0.1, 0.15) is 0 Å². The molecule has 0 radical (unpaired) electrons. The third kappa shape index (κ3) is 7.70. The van der Waals surface area contributed by atoms with Crippen LogP contribution in [0.15, 0.2) is 4.99 Å². The molecule has 1 amide bonds. The van der Waals surface area contributed by atoms with Crippen molar-refractivity contribution >= 4 is 11.9 Å². The third-order valence-electron chi connectivity index (χ3n) is 3.26. The topological polar surface area (TPSA) is 79.5 Å². The number of aliphatic imine (C=N–C) groups is 1. The van der Waals surface area contributed by atoms with Gasteiger partial charge in [-0.25, -0.2) is 0 Å². The van der Waals surface area contributed by atoms with Crippen molar-refractivity contribution in [3.8, 4) is 0 Å². The van der Waals surface area contributed by atoms with Gasteiger partial charge in [-0.3, -0.25) is 9.79 Å². The van der Waals surface area contributed by atoms with Gasteiger partial charge in [0, 0.05) is 25.6 Å². The van der Waals surface area contributed by atoms with Crippen LogP contribution in [0.5, 0.6) is 0 Å². The predicted octanol–water partition coefficient (Wildman–Crippen LogP) is 1.39. The number of nitrogens with zero attached hydrogens (tertiary/aromatic N) is 1. The zero-order valence-electron chi connectivity index (χ0n) is 12.2. The summed E-state index contributed by atoms with van der Waals surface area (Å²) in [7, 11) is 0. The highest BCUT2D eigenvalue weighted by atomic mass is 16.1. The molecule has 1 fully saturated rings. The van der Waals surface area contributed by atoms with Crippen LogP contribution in [0.4, 0.5) is 0 Å². The number of carbonyl (C=O) groups is 1. The quantitative estimate of drug-likeness (QED) is 0.503. The molecule has 110 valence electrons. The van der Waals surface area contributed by atoms with Crippen molar-refractivity contribution in [2.24, 2.45) is 16.6 Å². The van der Waals surface area contributed by atoms with Gasteiger partial charge in [0.2, 0.25) is 5.91 Å². The van der Waals surface area contributed by atoms with Gasteiger partial charge in [0.05, 0.1) is 0 Å². The molecule has 5 nitrogen and oxygen atoms in total. The minimum atomic E-state index is 0.107. The first-order valence-electron chi connectivity index (χ1n) is 7.41. The van der Waals surface area contributed by atoms with E-state index >= 15 is 0 Å². The summed E-state index contributed by atoms with van der Waals surface area (Å²) in [5.74, 6) is 1.03. The first kappa shape index (κ1) is 15.8. The van der Waals surface area contributed by atoms with E-state index in [-0.39, 0.29) is 5.91 Å². The Kier molecular flexibility index (Phi) is 7.30. The first-order chi connectivity index (χ1) is 9.08. The molecule has 0 aliphatic heterocycles. The van der Waals surface area contributed by atoms with Gasteiger partial charge in [0.15, 0.2) is 5.96 Å². The van der Waals surface area contributed by atoms with E-state index < -0.39 is 0 Å². The monoisotopic (exact) mass is 268 g/mol. The molecule has 0 heterocycles. The van der Waals surface area contributed by atoms with Crippen LogP contribution in [0.1, 0.15) is 52.4 Å². The molecule has 0 bridgehead atoms. The lowest BCUT2D eigenvalue weighted by Gasteiger charge is -2.22. The summed E-state index contributed by atoms with van der Waals surface area (Å²) >= 11 is 0. The maximum Gasteiger partial charge on any atom is 0.221 e. The lowest BCUT2D eigenvalue weighted by Crippen LogP contribution is -2.39. The number of nitrogens with two attached hydrogens (primary N) is 1. The summed E-state index contributed by atoms with van der Waals surface area (Å²) in [6.45, 7) is 5.45. The number of guanidine groups is 1. The summed E-state index contributed by atoms with van der Waals surface area (Å²) in [5, 5.41) is 6.06. The summed E-state index contributed by atoms with van der Waals surface area (Å²) in [6, 6.07) is 0.383. The van der Waals surface area contributed by atoms with Crippen molar-refractivity contribution < 1.29 is 4.79 Å². The van der Waals surface area contributed by atoms with Crippen molar-refractivity contribution in [2.45, 2.75) is 58.4 Å². The van der Waals surface area contributed by atoms with Crippen LogP contribution in [0, 0.1) is 5.92 Å². The maximum absolute atomic E-state index is 11.7. The molecular formula is C14H28N4O. The van der Waals surface area contributed by atoms with Crippen molar-refractivity contribution in [1.82, 2.24) is 10.6 Å². The van der Waals surface area contributed by atoms with Crippen molar-refractivity contribution in [1.29, 1.82) is 0 Å². The average Bonchev–Trinajstić information content (AvgIpc) is 2.37. The summed E-state index contributed by atoms with van der Waals surface area (Å²) in [4.78, 5) is 15.9. The smallest absolute Gasteiger partial charge is 0.221 e. The average molecular weight is 268 g/mol. The molecule has 0 atom stereocenters. The standard InChI is InChI=1S/C14H28N4O/c1-11(2)10-17-14(15)16-9-8-13(19)18-12-6-4-3-5-7-12/h11-12H,3-10H2,1-2H3,(H,18,19)(H3,15,16,17). The van der Waals surface area contributed by atoms with E-state index in [2.05, 4.69) is 29.5 Å². The lowest BCUT2D eigenvalue weighted by atomic mass is 9.95. The Morgan fingerprint density at radius 3 is 2.63 bits per heavy atom. The molecule has 0 aromatic heterocycles. The Morgan fingerprint density at radius 1 is 1.32 bits per heavy atom. The molecule has 19 heavy (non-hydrogen) atoms. The van der Waals surface area contributed by atoms with Crippen LogP contribution < -0.4 is 16.4 Å². The van der Waals surface area contributed by atoms with Crippen molar-refractivity contribution in [3.63, 3.8) is 0 Å². The van der Waals surface area contributed by atoms with E-state index in [4.69, 9.17) is 5.73 Å². The Morgan fingerprint density at radius 2 is 2.00 bits per heavy atom. The fraction of sp³-hybridized carbons (Fsp3) is 0.857. The molecule has 5 heteroatoms. The Hall–Kier alpha value is -1.26. The second-order valence-corrected chi connectivity index (χ2v) is 5.70. The largest absolute Gasteiger partial charge is 0.370 e. The lowest BCUT2D eigenvalue weighted by molar-refractivity contribution is -0.121. The summed E-state index contributed by atoms with van der Waals surface area (Å²) < 4.78 is 0. The molecule has 1 aliphatic rings. The van der Waals surface area contributed by atoms with Gasteiger partial charge < -0.3 is 16.4 Å². The zero-order chi connectivity index (χ0) is 14.1. The Labute approximate surface area is 116 Å². The van der Waals surface area contributed by atoms with E-state index in [0.29, 0.717) is 37.4 Å². The third-order valence-corrected chi connectivity index (χ3v) is 3.26. The Bertz CT molecular complexity index is 296. The van der Waals surface area contributed by atoms with Crippen LogP contribution in [0.2, 0.25) is 0 Å². The van der Waals surface area contributed by atoms with E-state index in [1.165, 1.54) is 19.3 Å². The number of carbonyl (C=O) groups excluding carboxylic acids is 1. The van der Waals surface area contributed by atoms with E-state index in [1.807, 2.05) is 0 Å². The van der Waals surface area contributed by atoms with Crippen molar-refractivity contribution in [2.75, 3.05) is 13.1 Å². The summed E-state index contributed by atoms with van der Waals surface area (Å²) in [5.41, 5.74) is 5.70. The van der Waals surface area contributed by atoms with Gasteiger partial charge in [-0.15, -0.1) is 0 Å². The van der Waals surface area contributed by atoms with Gasteiger partial charge >= 0.3 is 0 Å². The molecule has 0 aromatic carbocycles. The molecule has 4 N–H and O–H groups in total. The molecule has 1 saturated carbocycles. The normalized spacial score (nSPS) is 17.5. The predicted molar refractivity (Wildman–Crippen MR) is 79.0 cm³/mol. The van der Waals surface area contributed by atoms with Gasteiger partial charge in [-0.05, 0) is 18.8 Å². The number of rotatable bonds is 6. The molecular weight excluding hydrogens is 240 g/mol. The number of hydrogen-bond donors (Lipinski definition) is 3. The zero-order valence-corrected chi connectivity index (χ0v) is 12.2. The van der Waals surface area contributed by atoms with Crippen molar-refractivity contribution in [3.05, 3.63) is 0 Å².